The van der Waals surface area contributed by atoms with Crippen molar-refractivity contribution in [3.8, 4) is 0 Å². The minimum absolute atomic E-state index is 0.0466. The molecular formula is C15H19B11BrFNO2. The number of hydrogen-bond acceptors (Lipinski definition) is 3. The molecule has 2 aliphatic rings. The van der Waals surface area contributed by atoms with Crippen LogP contribution in [-0.2, 0) is 10.3 Å². The van der Waals surface area contributed by atoms with Crippen LogP contribution in [0.25, 0.3) is 0 Å². The Balaban J connectivity index is 0.000000267. The average Bonchev–Trinajstić information content (AvgIpc) is 3.55. The summed E-state index contributed by atoms with van der Waals surface area (Å²) in [6.07, 6.45) is 1.09. The van der Waals surface area contributed by atoms with Gasteiger partial charge in [0.2, 0.25) is 0 Å². The fraction of sp³-hybridized carbons (Fsp3) is 0.600. The number of rotatable bonds is 7. The number of ether oxygens (including phenoxy) is 1. The molecule has 31 heavy (non-hydrogen) atoms. The molecule has 3 nitrogen and oxygen atoms in total. The van der Waals surface area contributed by atoms with E-state index in [1.807, 2.05) is 0 Å². The molecule has 1 aliphatic heterocycles. The lowest BCUT2D eigenvalue weighted by Crippen LogP contribution is -2.63. The van der Waals surface area contributed by atoms with Gasteiger partial charge in [0.25, 0.3) is 0 Å². The second-order valence-corrected chi connectivity index (χ2v) is 9.38. The van der Waals surface area contributed by atoms with Crippen molar-refractivity contribution in [3.05, 3.63) is 34.1 Å². The van der Waals surface area contributed by atoms with Crippen LogP contribution in [0, 0.1) is 17.7 Å². The summed E-state index contributed by atoms with van der Waals surface area (Å²) in [5, 5.41) is 9.70. The van der Waals surface area contributed by atoms with Crippen molar-refractivity contribution in [2.45, 2.75) is 30.9 Å². The Kier molecular flexibility index (Phi) is 10.7. The molecule has 1 heterocycles. The largest absolute Gasteiger partial charge is 0.396 e. The summed E-state index contributed by atoms with van der Waals surface area (Å²) in [7, 11) is 33.5. The van der Waals surface area contributed by atoms with Crippen LogP contribution in [0.4, 0.5) is 4.39 Å². The van der Waals surface area contributed by atoms with Gasteiger partial charge in [-0.2, -0.15) is 0 Å². The van der Waals surface area contributed by atoms with Crippen molar-refractivity contribution in [2.24, 2.45) is 17.6 Å². The predicted molar refractivity (Wildman–Crippen MR) is 141 cm³/mol. The number of halogens is 2. The van der Waals surface area contributed by atoms with Crippen LogP contribution < -0.4 is 5.73 Å². The molecule has 2 fully saturated rings. The zero-order chi connectivity index (χ0) is 23.3. The van der Waals surface area contributed by atoms with Crippen LogP contribution in [0.5, 0.6) is 0 Å². The van der Waals surface area contributed by atoms with E-state index < -0.39 is 24.7 Å². The third-order valence-corrected chi connectivity index (χ3v) is 6.63. The Morgan fingerprint density at radius 2 is 1.84 bits per heavy atom. The number of nitrogens with two attached hydrogens (primary N) is 1. The van der Waals surface area contributed by atoms with E-state index in [1.165, 1.54) is 26.0 Å². The van der Waals surface area contributed by atoms with Crippen molar-refractivity contribution < 1.29 is 14.2 Å². The highest BCUT2D eigenvalue weighted by Gasteiger charge is 2.47. The molecule has 1 aliphatic carbocycles. The van der Waals surface area contributed by atoms with Gasteiger partial charge in [-0.1, -0.05) is 15.9 Å². The lowest BCUT2D eigenvalue weighted by molar-refractivity contribution is -0.0843. The molecule has 0 bridgehead atoms. The molecule has 1 saturated heterocycles. The summed E-state index contributed by atoms with van der Waals surface area (Å²) in [6.45, 7) is 0.210. The van der Waals surface area contributed by atoms with Crippen LogP contribution in [0.1, 0.15) is 24.8 Å². The van der Waals surface area contributed by atoms with Crippen molar-refractivity contribution in [2.75, 3.05) is 13.2 Å². The molecule has 3 N–H and O–H groups in total. The van der Waals surface area contributed by atoms with Gasteiger partial charge >= 0.3 is 0 Å². The highest BCUT2D eigenvalue weighted by atomic mass is 79.9. The van der Waals surface area contributed by atoms with E-state index in [0.29, 0.717) is 17.9 Å². The summed E-state index contributed by atoms with van der Waals surface area (Å²) in [6, 6.07) is 4.74. The summed E-state index contributed by atoms with van der Waals surface area (Å²) >= 11 is 3.35. The third-order valence-electron chi connectivity index (χ3n) is 6.14. The van der Waals surface area contributed by atoms with E-state index in [4.69, 9.17) is 56.9 Å². The van der Waals surface area contributed by atoms with Gasteiger partial charge in [0.1, 0.15) is 5.82 Å². The molecule has 1 saturated carbocycles. The number of benzene rings is 1. The summed E-state index contributed by atoms with van der Waals surface area (Å²) in [5.74, 6) is 0.0780. The SMILES string of the molecule is N[C@@]1(c2cc(Br)ccc2F)CO[C@@H](C2CC2)C[C@H]1CO.[B][B]B([B])B(B([B])[B])B([B])[B]. The van der Waals surface area contributed by atoms with Gasteiger partial charge < -0.3 is 15.6 Å². The van der Waals surface area contributed by atoms with Gasteiger partial charge in [0.15, 0.2) is 0 Å². The molecule has 0 unspecified atom stereocenters. The zero-order valence-electron chi connectivity index (χ0n) is 17.5. The smallest absolute Gasteiger partial charge is 0.128 e. The average molecular weight is 463 g/mol. The van der Waals surface area contributed by atoms with E-state index >= 15 is 0 Å². The normalized spacial score (nSPS) is 25.0. The monoisotopic (exact) mass is 464 g/mol. The van der Waals surface area contributed by atoms with Crippen LogP contribution in [0.3, 0.4) is 0 Å². The molecule has 0 spiro atoms. The van der Waals surface area contributed by atoms with Crippen LogP contribution in [0.15, 0.2) is 22.7 Å². The predicted octanol–water partition coefficient (Wildman–Crippen LogP) is -1.64. The van der Waals surface area contributed by atoms with Crippen molar-refractivity contribution >= 4 is 95.0 Å². The quantitative estimate of drug-likeness (QED) is 0.478. The molecule has 13 radical (unpaired) electrons. The minimum Gasteiger partial charge on any atom is -0.396 e. The second kappa shape index (κ2) is 12.1. The van der Waals surface area contributed by atoms with Gasteiger partial charge in [-0.15, -0.1) is 0 Å². The maximum atomic E-state index is 14.1. The van der Waals surface area contributed by atoms with E-state index in [2.05, 4.69) is 15.9 Å². The first-order valence-corrected chi connectivity index (χ1v) is 11.1. The van der Waals surface area contributed by atoms with Crippen molar-refractivity contribution in [1.29, 1.82) is 0 Å². The maximum absolute atomic E-state index is 14.1. The van der Waals surface area contributed by atoms with Crippen LogP contribution in [-0.4, -0.2) is 103 Å². The van der Waals surface area contributed by atoms with E-state index in [0.717, 1.165) is 4.47 Å². The summed E-state index contributed by atoms with van der Waals surface area (Å²) in [4.78, 5) is 0. The Labute approximate surface area is 204 Å². The Morgan fingerprint density at radius 3 is 2.29 bits per heavy atom. The molecule has 1 aromatic rings. The first-order valence-electron chi connectivity index (χ1n) is 10.3. The first kappa shape index (κ1) is 27.5. The Morgan fingerprint density at radius 1 is 1.23 bits per heavy atom. The molecule has 3 rings (SSSR count). The first-order chi connectivity index (χ1) is 14.5. The standard InChI is InChI=1S/C15H19BrFNO2.B11/c16-11-3-4-13(17)12(6-11)15(18)8-20-14(9-1-2-9)5-10(15)7-19;1-7-10(6)11(8(2)3)9(4)5/h3-4,6,9-10,14,19H,1-2,5,7-8,18H2;/t10-,14+,15-;/m0./s1. The Hall–Kier alpha value is 0.224. The molecule has 0 amide bonds. The molecule has 0 aromatic heterocycles. The lowest BCUT2D eigenvalue weighted by atomic mass is 8.56. The van der Waals surface area contributed by atoms with E-state index in [-0.39, 0.29) is 37.4 Å². The molecule has 1 aromatic carbocycles. The number of hydrogen-bond donors (Lipinski definition) is 2. The second-order valence-electron chi connectivity index (χ2n) is 8.47. The Bertz CT molecular complexity index is 712. The third kappa shape index (κ3) is 7.10. The minimum atomic E-state index is -0.964. The van der Waals surface area contributed by atoms with Gasteiger partial charge in [-0.05, 0) is 43.4 Å². The fourth-order valence-electron chi connectivity index (χ4n) is 4.01. The highest BCUT2D eigenvalue weighted by molar-refractivity contribution is 9.10. The number of aliphatic hydroxyl groups excluding tert-OH is 1. The van der Waals surface area contributed by atoms with Gasteiger partial charge in [0.05, 0.1) is 18.2 Å². The van der Waals surface area contributed by atoms with Gasteiger partial charge in [-0.3, -0.25) is 0 Å². The maximum Gasteiger partial charge on any atom is 0.128 e. The molecule has 143 valence electrons. The van der Waals surface area contributed by atoms with Crippen molar-refractivity contribution in [1.82, 2.24) is 0 Å². The highest BCUT2D eigenvalue weighted by Crippen LogP contribution is 2.44. The van der Waals surface area contributed by atoms with E-state index in [9.17, 15) is 9.50 Å². The van der Waals surface area contributed by atoms with Crippen LogP contribution >= 0.6 is 15.9 Å². The van der Waals surface area contributed by atoms with E-state index in [1.54, 1.807) is 12.1 Å². The van der Waals surface area contributed by atoms with Crippen molar-refractivity contribution in [3.63, 3.8) is 0 Å². The van der Waals surface area contributed by atoms with Gasteiger partial charge in [0, 0.05) is 102 Å². The summed E-state index contributed by atoms with van der Waals surface area (Å²) < 4.78 is 20.8. The fourth-order valence-corrected chi connectivity index (χ4v) is 4.37. The molecule has 16 heteroatoms. The lowest BCUT2D eigenvalue weighted by Gasteiger charge is -2.44. The molecular weight excluding hydrogens is 444 g/mol. The zero-order valence-corrected chi connectivity index (χ0v) is 19.1. The summed E-state index contributed by atoms with van der Waals surface area (Å²) in [5.41, 5.74) is 5.89. The number of aliphatic hydroxyl groups is 1. The van der Waals surface area contributed by atoms with Gasteiger partial charge in [-0.25, -0.2) is 4.39 Å². The molecule has 3 atom stereocenters. The topological polar surface area (TPSA) is 55.5 Å². The van der Waals surface area contributed by atoms with Crippen LogP contribution in [0.2, 0.25) is 0 Å².